The van der Waals surface area contributed by atoms with Gasteiger partial charge >= 0.3 is 0 Å². The first kappa shape index (κ1) is 28.2. The van der Waals surface area contributed by atoms with Crippen molar-refractivity contribution in [1.29, 1.82) is 0 Å². The Morgan fingerprint density at radius 1 is 0.367 bits per heavy atom. The molecule has 0 N–H and O–H groups in total. The van der Waals surface area contributed by atoms with Gasteiger partial charge < -0.3 is 4.90 Å². The van der Waals surface area contributed by atoms with Crippen LogP contribution in [0.4, 0.5) is 17.1 Å². The smallest absolute Gasteiger partial charge is 0.0735 e. The average Bonchev–Trinajstić information content (AvgIpc) is 3.46. The predicted octanol–water partition coefficient (Wildman–Crippen LogP) is 12.8. The number of rotatable bonds is 4. The van der Waals surface area contributed by atoms with E-state index in [4.69, 9.17) is 0 Å². The molecule has 1 nitrogen and oxygen atoms in total. The highest BCUT2D eigenvalue weighted by atomic mass is 32.2. The largest absolute Gasteiger partial charge is 0.311 e. The molecule has 10 rings (SSSR count). The van der Waals surface area contributed by atoms with Crippen LogP contribution in [-0.4, -0.2) is 0 Å². The van der Waals surface area contributed by atoms with Crippen LogP contribution < -0.4 is 4.90 Å². The second kappa shape index (κ2) is 11.1. The van der Waals surface area contributed by atoms with E-state index in [1.165, 1.54) is 65.1 Å². The van der Waals surface area contributed by atoms with Gasteiger partial charge in [-0.05, 0) is 104 Å². The van der Waals surface area contributed by atoms with Gasteiger partial charge in [-0.15, -0.1) is 0 Å². The molecule has 2 heteroatoms. The average molecular weight is 642 g/mol. The Morgan fingerprint density at radius 2 is 0.857 bits per heavy atom. The molecule has 1 aliphatic carbocycles. The van der Waals surface area contributed by atoms with Crippen LogP contribution in [0.25, 0.3) is 33.0 Å². The minimum atomic E-state index is -0.416. The fraction of sp³-hybridized carbons (Fsp3) is 0.0213. The summed E-state index contributed by atoms with van der Waals surface area (Å²) in [7, 11) is 0. The summed E-state index contributed by atoms with van der Waals surface area (Å²) in [5.41, 5.74) is 13.6. The van der Waals surface area contributed by atoms with Crippen LogP contribution >= 0.6 is 11.8 Å². The first-order chi connectivity index (χ1) is 24.3. The number of fused-ring (bicyclic) bond motifs is 10. The molecule has 1 heterocycles. The maximum Gasteiger partial charge on any atom is 0.0735 e. The lowest BCUT2D eigenvalue weighted by molar-refractivity contribution is 0.725. The molecule has 230 valence electrons. The van der Waals surface area contributed by atoms with E-state index in [2.05, 4.69) is 193 Å². The quantitative estimate of drug-likeness (QED) is 0.188. The first-order valence-corrected chi connectivity index (χ1v) is 17.7. The zero-order chi connectivity index (χ0) is 32.4. The highest BCUT2D eigenvalue weighted by molar-refractivity contribution is 7.99. The molecule has 1 spiro atoms. The summed E-state index contributed by atoms with van der Waals surface area (Å²) in [5.74, 6) is 0. The van der Waals surface area contributed by atoms with Gasteiger partial charge in [-0.1, -0.05) is 151 Å². The highest BCUT2D eigenvalue weighted by Gasteiger charge is 2.50. The number of anilines is 3. The Labute approximate surface area is 291 Å². The number of hydrogen-bond acceptors (Lipinski definition) is 2. The lowest BCUT2D eigenvalue weighted by atomic mass is 9.66. The van der Waals surface area contributed by atoms with E-state index < -0.39 is 5.41 Å². The molecule has 8 aromatic rings. The molecule has 2 aliphatic rings. The van der Waals surface area contributed by atoms with Gasteiger partial charge in [-0.2, -0.15) is 0 Å². The van der Waals surface area contributed by atoms with Crippen molar-refractivity contribution < 1.29 is 0 Å². The molecule has 0 unspecified atom stereocenters. The van der Waals surface area contributed by atoms with Crippen LogP contribution in [0.3, 0.4) is 0 Å². The maximum atomic E-state index is 2.46. The van der Waals surface area contributed by atoms with Crippen molar-refractivity contribution in [2.75, 3.05) is 4.90 Å². The summed E-state index contributed by atoms with van der Waals surface area (Å²) in [6.45, 7) is 0. The highest BCUT2D eigenvalue weighted by Crippen LogP contribution is 2.63. The van der Waals surface area contributed by atoms with Crippen LogP contribution in [0.15, 0.2) is 198 Å². The summed E-state index contributed by atoms with van der Waals surface area (Å²) >= 11 is 1.92. The molecular weight excluding hydrogens is 611 g/mol. The number of nitrogens with zero attached hydrogens (tertiary/aromatic N) is 1. The van der Waals surface area contributed by atoms with Gasteiger partial charge in [0.25, 0.3) is 0 Å². The van der Waals surface area contributed by atoms with Crippen LogP contribution in [0.5, 0.6) is 0 Å². The summed E-state index contributed by atoms with van der Waals surface area (Å²) in [5, 5.41) is 2.55. The zero-order valence-electron chi connectivity index (χ0n) is 26.8. The molecule has 1 aliphatic heterocycles. The first-order valence-electron chi connectivity index (χ1n) is 16.9. The van der Waals surface area contributed by atoms with Gasteiger partial charge in [0.05, 0.1) is 5.41 Å². The summed E-state index contributed by atoms with van der Waals surface area (Å²) in [6, 6.07) is 69.1. The minimum absolute atomic E-state index is 0.416. The Balaban J connectivity index is 1.19. The van der Waals surface area contributed by atoms with Crippen molar-refractivity contribution in [2.45, 2.75) is 15.2 Å². The van der Waals surface area contributed by atoms with E-state index in [-0.39, 0.29) is 0 Å². The molecule has 0 radical (unpaired) electrons. The van der Waals surface area contributed by atoms with Crippen molar-refractivity contribution >= 4 is 39.6 Å². The monoisotopic (exact) mass is 641 g/mol. The fourth-order valence-corrected chi connectivity index (χ4v) is 9.58. The third-order valence-electron chi connectivity index (χ3n) is 10.3. The van der Waals surface area contributed by atoms with E-state index in [0.29, 0.717) is 0 Å². The fourth-order valence-electron chi connectivity index (χ4n) is 8.23. The molecule has 0 aromatic heterocycles. The van der Waals surface area contributed by atoms with Gasteiger partial charge in [-0.25, -0.2) is 0 Å². The Morgan fingerprint density at radius 3 is 1.49 bits per heavy atom. The number of hydrogen-bond donors (Lipinski definition) is 0. The van der Waals surface area contributed by atoms with Gasteiger partial charge in [0.2, 0.25) is 0 Å². The molecule has 0 fully saturated rings. The van der Waals surface area contributed by atoms with Gasteiger partial charge in [0.15, 0.2) is 0 Å². The summed E-state index contributed by atoms with van der Waals surface area (Å²) in [6.07, 6.45) is 0. The van der Waals surface area contributed by atoms with Crippen LogP contribution in [0.1, 0.15) is 22.3 Å². The summed E-state index contributed by atoms with van der Waals surface area (Å²) < 4.78 is 0. The second-order valence-electron chi connectivity index (χ2n) is 12.9. The second-order valence-corrected chi connectivity index (χ2v) is 13.9. The lowest BCUT2D eigenvalue weighted by Gasteiger charge is -2.40. The Bertz CT molecular complexity index is 2430. The molecule has 8 aromatic carbocycles. The maximum absolute atomic E-state index is 2.46. The van der Waals surface area contributed by atoms with Crippen LogP contribution in [0.2, 0.25) is 0 Å². The molecule has 0 bridgehead atoms. The van der Waals surface area contributed by atoms with Crippen molar-refractivity contribution in [2.24, 2.45) is 0 Å². The molecule has 0 amide bonds. The third-order valence-corrected chi connectivity index (χ3v) is 11.5. The third kappa shape index (κ3) is 4.21. The van der Waals surface area contributed by atoms with E-state index in [9.17, 15) is 0 Å². The Hall–Kier alpha value is -5.83. The molecule has 0 atom stereocenters. The van der Waals surface area contributed by atoms with Gasteiger partial charge in [0, 0.05) is 26.9 Å². The van der Waals surface area contributed by atoms with Gasteiger partial charge in [0.1, 0.15) is 0 Å². The van der Waals surface area contributed by atoms with Gasteiger partial charge in [-0.3, -0.25) is 0 Å². The van der Waals surface area contributed by atoms with E-state index in [1.807, 2.05) is 11.8 Å². The zero-order valence-corrected chi connectivity index (χ0v) is 27.6. The molecule has 49 heavy (non-hydrogen) atoms. The normalized spacial score (nSPS) is 13.4. The van der Waals surface area contributed by atoms with Crippen molar-refractivity contribution in [3.05, 3.63) is 210 Å². The number of para-hydroxylation sites is 2. The molecule has 0 saturated heterocycles. The van der Waals surface area contributed by atoms with E-state index in [0.717, 1.165) is 17.1 Å². The van der Waals surface area contributed by atoms with E-state index >= 15 is 0 Å². The standard InChI is InChI=1S/C47H31NS/c1-3-16-35(17-4-1)48(36-18-5-2-6-19-36)37-28-26-32(27-29-37)38-22-13-25-43-46(38)49-45-31-34-15-8-7-14-33(34)30-44(45)47(43)41-23-11-9-20-39(41)40-21-10-12-24-42(40)47/h1-31H. The van der Waals surface area contributed by atoms with Crippen LogP contribution in [-0.2, 0) is 5.41 Å². The van der Waals surface area contributed by atoms with Crippen molar-refractivity contribution in [3.63, 3.8) is 0 Å². The number of benzene rings is 8. The molecular formula is C47H31NS. The van der Waals surface area contributed by atoms with Crippen molar-refractivity contribution in [3.8, 4) is 22.3 Å². The van der Waals surface area contributed by atoms with Crippen molar-refractivity contribution in [1.82, 2.24) is 0 Å². The lowest BCUT2D eigenvalue weighted by Crippen LogP contribution is -2.32. The predicted molar refractivity (Wildman–Crippen MR) is 205 cm³/mol. The van der Waals surface area contributed by atoms with Crippen LogP contribution in [0, 0.1) is 0 Å². The summed E-state index contributed by atoms with van der Waals surface area (Å²) in [4.78, 5) is 4.97. The van der Waals surface area contributed by atoms with E-state index in [1.54, 1.807) is 0 Å². The molecule has 0 saturated carbocycles. The SMILES string of the molecule is c1ccc(N(c2ccccc2)c2ccc(-c3cccc4c3Sc3cc5ccccc5cc3C43c4ccccc4-c4ccccc43)cc2)cc1. The topological polar surface area (TPSA) is 3.24 Å². The Kier molecular flexibility index (Phi) is 6.40. The minimum Gasteiger partial charge on any atom is -0.311 e.